The summed E-state index contributed by atoms with van der Waals surface area (Å²) in [4.78, 5) is 65.5. The van der Waals surface area contributed by atoms with Gasteiger partial charge in [0.05, 0.1) is 12.2 Å². The lowest BCUT2D eigenvalue weighted by Gasteiger charge is -2.46. The second-order valence-electron chi connectivity index (χ2n) is 11.5. The standard InChI is InChI=1S/C32H33N3O10/c1-4-45-22(37)13-34-31(43)15-7-5-6-14(8-15)18-12-20(35(2)3)19-10-16-9-17-11-21(36)25(30(33)42)29(41)32(17,44)28(40)23(16)27(39)24(19)26(18)38/h5-8,12,16-17,36,38,40,44H,4,9-11,13H2,1-3H3,(H2,33,42)(H,34,43)/t16-,17+,32+/m1/s1. The number of aromatic hydroxyl groups is 1. The summed E-state index contributed by atoms with van der Waals surface area (Å²) < 4.78 is 4.83. The van der Waals surface area contributed by atoms with Crippen molar-refractivity contribution < 1.29 is 49.1 Å². The molecule has 0 heterocycles. The molecule has 3 aliphatic carbocycles. The van der Waals surface area contributed by atoms with Crippen LogP contribution in [0.5, 0.6) is 5.75 Å². The topological polar surface area (TPSA) is 217 Å². The highest BCUT2D eigenvalue weighted by Gasteiger charge is 2.59. The molecule has 0 saturated carbocycles. The molecule has 5 rings (SSSR count). The van der Waals surface area contributed by atoms with Crippen LogP contribution in [0.15, 0.2) is 53.0 Å². The van der Waals surface area contributed by atoms with Gasteiger partial charge in [-0.3, -0.25) is 24.0 Å². The number of nitrogens with two attached hydrogens (primary N) is 1. The fraction of sp³-hybridized carbons (Fsp3) is 0.344. The number of rotatable bonds is 7. The molecule has 0 fully saturated rings. The third-order valence-corrected chi connectivity index (χ3v) is 8.65. The van der Waals surface area contributed by atoms with Gasteiger partial charge in [-0.25, -0.2) is 0 Å². The molecule has 2 aromatic rings. The molecule has 236 valence electrons. The smallest absolute Gasteiger partial charge is 0.325 e. The quantitative estimate of drug-likeness (QED) is 0.193. The number of carbonyl (C=O) groups excluding carboxylic acids is 5. The van der Waals surface area contributed by atoms with E-state index in [-0.39, 0.29) is 54.7 Å². The van der Waals surface area contributed by atoms with Crippen molar-refractivity contribution in [2.45, 2.75) is 31.8 Å². The molecule has 2 aromatic carbocycles. The van der Waals surface area contributed by atoms with Gasteiger partial charge in [0.25, 0.3) is 11.8 Å². The number of aliphatic hydroxyl groups excluding tert-OH is 2. The van der Waals surface area contributed by atoms with Gasteiger partial charge >= 0.3 is 5.97 Å². The highest BCUT2D eigenvalue weighted by atomic mass is 16.5. The van der Waals surface area contributed by atoms with Gasteiger partial charge in [-0.15, -0.1) is 0 Å². The molecule has 0 radical (unpaired) electrons. The van der Waals surface area contributed by atoms with Crippen molar-refractivity contribution in [1.29, 1.82) is 0 Å². The van der Waals surface area contributed by atoms with Gasteiger partial charge in [-0.1, -0.05) is 12.1 Å². The van der Waals surface area contributed by atoms with Gasteiger partial charge in [0.15, 0.2) is 11.4 Å². The predicted octanol–water partition coefficient (Wildman–Crippen LogP) is 1.61. The zero-order valence-electron chi connectivity index (χ0n) is 24.8. The molecule has 7 N–H and O–H groups in total. The molecule has 0 spiro atoms. The minimum Gasteiger partial charge on any atom is -0.511 e. The SMILES string of the molecule is CCOC(=O)CNC(=O)c1cccc(-c2cc(N(C)C)c3c(c2O)C(=O)C2=C(O)[C@]4(O)C(=O)C(C(N)=O)=C(O)C[C@@H]4C[C@@H]2C3)c1. The van der Waals surface area contributed by atoms with Crippen molar-refractivity contribution in [1.82, 2.24) is 5.32 Å². The summed E-state index contributed by atoms with van der Waals surface area (Å²) in [6.45, 7) is 1.46. The fourth-order valence-corrected chi connectivity index (χ4v) is 6.58. The Morgan fingerprint density at radius 2 is 1.82 bits per heavy atom. The third kappa shape index (κ3) is 4.98. The van der Waals surface area contributed by atoms with Crippen LogP contribution in [0.2, 0.25) is 0 Å². The monoisotopic (exact) mass is 619 g/mol. The van der Waals surface area contributed by atoms with Crippen molar-refractivity contribution in [3.63, 3.8) is 0 Å². The van der Waals surface area contributed by atoms with Crippen molar-refractivity contribution in [3.05, 3.63) is 69.7 Å². The third-order valence-electron chi connectivity index (χ3n) is 8.65. The molecule has 45 heavy (non-hydrogen) atoms. The van der Waals surface area contributed by atoms with Crippen LogP contribution in [0.3, 0.4) is 0 Å². The van der Waals surface area contributed by atoms with E-state index in [1.54, 1.807) is 44.1 Å². The van der Waals surface area contributed by atoms with Crippen molar-refractivity contribution in [3.8, 4) is 16.9 Å². The van der Waals surface area contributed by atoms with Gasteiger partial charge in [0.1, 0.15) is 29.4 Å². The van der Waals surface area contributed by atoms with Crippen LogP contribution >= 0.6 is 0 Å². The van der Waals surface area contributed by atoms with Crippen LogP contribution in [0.1, 0.15) is 46.0 Å². The van der Waals surface area contributed by atoms with Crippen LogP contribution in [0, 0.1) is 11.8 Å². The molecule has 3 aliphatic rings. The lowest BCUT2D eigenvalue weighted by molar-refractivity contribution is -0.144. The summed E-state index contributed by atoms with van der Waals surface area (Å²) in [6, 6.07) is 7.85. The largest absolute Gasteiger partial charge is 0.511 e. The van der Waals surface area contributed by atoms with E-state index < -0.39 is 69.6 Å². The lowest BCUT2D eigenvalue weighted by Crippen LogP contribution is -2.57. The van der Waals surface area contributed by atoms with Gasteiger partial charge in [0, 0.05) is 48.8 Å². The number of fused-ring (bicyclic) bond motifs is 3. The molecular weight excluding hydrogens is 586 g/mol. The maximum atomic E-state index is 14.1. The number of esters is 1. The molecule has 0 unspecified atom stereocenters. The number of allylic oxidation sites excluding steroid dienone is 2. The number of ketones is 2. The first kappa shape index (κ1) is 31.3. The second-order valence-corrected chi connectivity index (χ2v) is 11.5. The van der Waals surface area contributed by atoms with E-state index in [2.05, 4.69) is 5.32 Å². The molecule has 2 amide bonds. The number of nitrogens with one attached hydrogen (secondary N) is 1. The summed E-state index contributed by atoms with van der Waals surface area (Å²) in [5, 5.41) is 47.3. The molecule has 3 atom stereocenters. The first-order valence-electron chi connectivity index (χ1n) is 14.3. The molecule has 0 aromatic heterocycles. The van der Waals surface area contributed by atoms with Gasteiger partial charge < -0.3 is 41.1 Å². The van der Waals surface area contributed by atoms with Gasteiger partial charge in [-0.05, 0) is 55.0 Å². The maximum Gasteiger partial charge on any atom is 0.325 e. The predicted molar refractivity (Wildman–Crippen MR) is 160 cm³/mol. The Morgan fingerprint density at radius 1 is 1.11 bits per heavy atom. The Hall–Kier alpha value is -5.17. The summed E-state index contributed by atoms with van der Waals surface area (Å²) in [6.07, 6.45) is -0.156. The molecular formula is C32H33N3O10. The summed E-state index contributed by atoms with van der Waals surface area (Å²) in [5.41, 5.74) is 3.11. The highest BCUT2D eigenvalue weighted by Crippen LogP contribution is 2.53. The van der Waals surface area contributed by atoms with E-state index in [1.807, 2.05) is 0 Å². The zero-order chi connectivity index (χ0) is 33.0. The number of hydrogen-bond donors (Lipinski definition) is 6. The second kappa shape index (κ2) is 11.4. The first-order valence-corrected chi connectivity index (χ1v) is 14.3. The first-order chi connectivity index (χ1) is 21.2. The number of hydrogen-bond acceptors (Lipinski definition) is 11. The van der Waals surface area contributed by atoms with E-state index in [0.717, 1.165) is 0 Å². The van der Waals surface area contributed by atoms with Crippen molar-refractivity contribution >= 4 is 35.0 Å². The highest BCUT2D eigenvalue weighted by molar-refractivity contribution is 6.24. The number of phenols is 1. The Bertz CT molecular complexity index is 1740. The molecule has 0 bridgehead atoms. The van der Waals surface area contributed by atoms with Crippen molar-refractivity contribution in [2.24, 2.45) is 17.6 Å². The Labute approximate surface area is 257 Å². The van der Waals surface area contributed by atoms with E-state index in [1.165, 1.54) is 12.1 Å². The number of aliphatic hydroxyl groups is 3. The number of carbonyl (C=O) groups is 5. The van der Waals surface area contributed by atoms with Gasteiger partial charge in [-0.2, -0.15) is 0 Å². The Morgan fingerprint density at radius 3 is 2.47 bits per heavy atom. The fourth-order valence-electron chi connectivity index (χ4n) is 6.58. The van der Waals surface area contributed by atoms with Crippen LogP contribution in [0.25, 0.3) is 11.1 Å². The number of primary amides is 1. The van der Waals surface area contributed by atoms with Crippen molar-refractivity contribution in [2.75, 3.05) is 32.1 Å². The average molecular weight is 620 g/mol. The van der Waals surface area contributed by atoms with E-state index in [0.29, 0.717) is 16.8 Å². The van der Waals surface area contributed by atoms with E-state index in [4.69, 9.17) is 10.5 Å². The number of benzene rings is 2. The number of anilines is 1. The number of ether oxygens (including phenoxy) is 1. The van der Waals surface area contributed by atoms with E-state index in [9.17, 15) is 44.4 Å². The lowest BCUT2D eigenvalue weighted by atomic mass is 9.60. The number of amides is 2. The molecule has 0 saturated heterocycles. The minimum atomic E-state index is -2.67. The van der Waals surface area contributed by atoms with Crippen LogP contribution in [-0.4, -0.2) is 82.6 Å². The maximum absolute atomic E-state index is 14.1. The average Bonchev–Trinajstić information content (AvgIpc) is 2.97. The van der Waals surface area contributed by atoms with Crippen LogP contribution in [-0.2, 0) is 25.5 Å². The molecule has 13 heteroatoms. The summed E-state index contributed by atoms with van der Waals surface area (Å²) in [7, 11) is 3.49. The number of phenolic OH excluding ortho intramolecular Hbond substituents is 1. The zero-order valence-corrected chi connectivity index (χ0v) is 24.8. The number of nitrogens with zero attached hydrogens (tertiary/aromatic N) is 1. The summed E-state index contributed by atoms with van der Waals surface area (Å²) >= 11 is 0. The molecule has 13 nitrogen and oxygen atoms in total. The Kier molecular flexibility index (Phi) is 7.92. The van der Waals surface area contributed by atoms with Gasteiger partial charge in [0.2, 0.25) is 5.78 Å². The normalized spacial score (nSPS) is 22.3. The van der Waals surface area contributed by atoms with E-state index >= 15 is 0 Å². The summed E-state index contributed by atoms with van der Waals surface area (Å²) in [5.74, 6) is -8.25. The Balaban J connectivity index is 1.60. The minimum absolute atomic E-state index is 0.0151. The van der Waals surface area contributed by atoms with Crippen LogP contribution < -0.4 is 16.0 Å². The van der Waals surface area contributed by atoms with Crippen LogP contribution in [0.4, 0.5) is 5.69 Å². The molecule has 0 aliphatic heterocycles. The number of Topliss-reactive ketones (excluding diaryl/α,β-unsaturated/α-hetero) is 2.